The van der Waals surface area contributed by atoms with Crippen molar-refractivity contribution in [1.29, 1.82) is 0 Å². The Bertz CT molecular complexity index is 1060. The molecule has 1 amide bonds. The fourth-order valence-electron chi connectivity index (χ4n) is 3.57. The normalized spacial score (nSPS) is 17.8. The van der Waals surface area contributed by atoms with Gasteiger partial charge in [0.15, 0.2) is 0 Å². The van der Waals surface area contributed by atoms with Crippen LogP contribution in [0.15, 0.2) is 71.2 Å². The van der Waals surface area contributed by atoms with Gasteiger partial charge in [-0.1, -0.05) is 60.4 Å². The SMILES string of the molecule is CCNC(=O)C1C(C)=NC(c2ccccc2)=C(C(=O)OCC)C1C#Cc1ccccc1. The first kappa shape index (κ1) is 22.0. The smallest absolute Gasteiger partial charge is 0.337 e. The van der Waals surface area contributed by atoms with Gasteiger partial charge in [-0.15, -0.1) is 0 Å². The zero-order valence-electron chi connectivity index (χ0n) is 18.0. The van der Waals surface area contributed by atoms with Gasteiger partial charge >= 0.3 is 5.97 Å². The van der Waals surface area contributed by atoms with E-state index in [0.29, 0.717) is 23.5 Å². The molecule has 0 radical (unpaired) electrons. The minimum atomic E-state index is -0.682. The van der Waals surface area contributed by atoms with Gasteiger partial charge < -0.3 is 10.1 Å². The van der Waals surface area contributed by atoms with Gasteiger partial charge in [-0.05, 0) is 32.9 Å². The summed E-state index contributed by atoms with van der Waals surface area (Å²) in [5.41, 5.74) is 3.03. The van der Waals surface area contributed by atoms with Crippen LogP contribution in [0.2, 0.25) is 0 Å². The highest BCUT2D eigenvalue weighted by molar-refractivity contribution is 6.12. The van der Waals surface area contributed by atoms with E-state index in [0.717, 1.165) is 11.1 Å². The maximum Gasteiger partial charge on any atom is 0.337 e. The van der Waals surface area contributed by atoms with Gasteiger partial charge in [0, 0.05) is 23.4 Å². The van der Waals surface area contributed by atoms with E-state index in [1.807, 2.05) is 74.5 Å². The van der Waals surface area contributed by atoms with Crippen LogP contribution in [0.4, 0.5) is 0 Å². The number of benzene rings is 2. The van der Waals surface area contributed by atoms with Crippen LogP contribution in [0, 0.1) is 23.7 Å². The molecule has 0 saturated carbocycles. The van der Waals surface area contributed by atoms with E-state index in [-0.39, 0.29) is 12.5 Å². The lowest BCUT2D eigenvalue weighted by Gasteiger charge is -2.29. The molecule has 1 N–H and O–H groups in total. The molecule has 158 valence electrons. The highest BCUT2D eigenvalue weighted by Crippen LogP contribution is 2.36. The van der Waals surface area contributed by atoms with Crippen LogP contribution in [0.3, 0.4) is 0 Å². The van der Waals surface area contributed by atoms with Crippen LogP contribution in [-0.4, -0.2) is 30.7 Å². The van der Waals surface area contributed by atoms with Crippen molar-refractivity contribution in [3.63, 3.8) is 0 Å². The van der Waals surface area contributed by atoms with Crippen molar-refractivity contribution in [3.8, 4) is 11.8 Å². The number of esters is 1. The number of hydrogen-bond acceptors (Lipinski definition) is 4. The second kappa shape index (κ2) is 10.4. The molecule has 31 heavy (non-hydrogen) atoms. The quantitative estimate of drug-likeness (QED) is 0.597. The average molecular weight is 415 g/mol. The summed E-state index contributed by atoms with van der Waals surface area (Å²) in [6.07, 6.45) is 0. The maximum atomic E-state index is 13.1. The monoisotopic (exact) mass is 414 g/mol. The molecule has 1 aliphatic rings. The Morgan fingerprint density at radius 1 is 1.03 bits per heavy atom. The number of carbonyl (C=O) groups is 2. The summed E-state index contributed by atoms with van der Waals surface area (Å²) < 4.78 is 5.37. The standard InChI is InChI=1S/C26H26N2O3/c1-4-27-25(29)22-18(3)28-24(20-14-10-7-11-15-20)23(26(30)31-5-2)21(22)17-16-19-12-8-6-9-13-19/h6-15,21-22H,4-5H2,1-3H3,(H,27,29). The highest BCUT2D eigenvalue weighted by atomic mass is 16.5. The zero-order valence-corrected chi connectivity index (χ0v) is 18.0. The Hall–Kier alpha value is -3.65. The molecule has 1 heterocycles. The molecule has 0 aliphatic carbocycles. The lowest BCUT2D eigenvalue weighted by atomic mass is 9.78. The van der Waals surface area contributed by atoms with Crippen molar-refractivity contribution in [1.82, 2.24) is 5.32 Å². The largest absolute Gasteiger partial charge is 0.463 e. The van der Waals surface area contributed by atoms with Crippen molar-refractivity contribution >= 4 is 23.3 Å². The minimum Gasteiger partial charge on any atom is -0.463 e. The van der Waals surface area contributed by atoms with Crippen LogP contribution >= 0.6 is 0 Å². The third kappa shape index (κ3) is 5.10. The number of carbonyl (C=O) groups excluding carboxylic acids is 2. The molecule has 2 unspecified atom stereocenters. The number of aliphatic imine (C=N–C) groups is 1. The lowest BCUT2D eigenvalue weighted by Crippen LogP contribution is -2.42. The second-order valence-corrected chi connectivity index (χ2v) is 7.09. The molecule has 1 aliphatic heterocycles. The first-order valence-corrected chi connectivity index (χ1v) is 10.4. The highest BCUT2D eigenvalue weighted by Gasteiger charge is 2.40. The third-order valence-electron chi connectivity index (χ3n) is 4.96. The third-order valence-corrected chi connectivity index (χ3v) is 4.96. The fraction of sp³-hybridized carbons (Fsp3) is 0.269. The number of rotatable bonds is 5. The van der Waals surface area contributed by atoms with E-state index >= 15 is 0 Å². The van der Waals surface area contributed by atoms with E-state index in [2.05, 4.69) is 17.2 Å². The molecule has 2 aromatic carbocycles. The Balaban J connectivity index is 2.21. The second-order valence-electron chi connectivity index (χ2n) is 7.09. The summed E-state index contributed by atoms with van der Waals surface area (Å²) in [5, 5.41) is 2.86. The molecule has 0 spiro atoms. The molecule has 2 aromatic rings. The van der Waals surface area contributed by atoms with Gasteiger partial charge in [0.1, 0.15) is 0 Å². The van der Waals surface area contributed by atoms with E-state index < -0.39 is 17.8 Å². The van der Waals surface area contributed by atoms with E-state index in [1.54, 1.807) is 6.92 Å². The minimum absolute atomic E-state index is 0.204. The molecule has 5 heteroatoms. The van der Waals surface area contributed by atoms with Crippen LogP contribution < -0.4 is 5.32 Å². The summed E-state index contributed by atoms with van der Waals surface area (Å²) in [6.45, 7) is 6.12. The first-order valence-electron chi connectivity index (χ1n) is 10.4. The predicted octanol–water partition coefficient (Wildman–Crippen LogP) is 3.86. The summed E-state index contributed by atoms with van der Waals surface area (Å²) in [4.78, 5) is 30.7. The molecule has 0 bridgehead atoms. The van der Waals surface area contributed by atoms with Crippen LogP contribution in [0.1, 0.15) is 31.9 Å². The molecule has 0 saturated heterocycles. The van der Waals surface area contributed by atoms with Crippen molar-refractivity contribution in [2.24, 2.45) is 16.8 Å². The maximum absolute atomic E-state index is 13.1. The summed E-state index contributed by atoms with van der Waals surface area (Å²) >= 11 is 0. The Morgan fingerprint density at radius 2 is 1.68 bits per heavy atom. The summed E-state index contributed by atoms with van der Waals surface area (Å²) in [6, 6.07) is 18.9. The number of nitrogens with zero attached hydrogens (tertiary/aromatic N) is 1. The molecule has 0 fully saturated rings. The molecular formula is C26H26N2O3. The molecular weight excluding hydrogens is 388 g/mol. The van der Waals surface area contributed by atoms with Crippen molar-refractivity contribution in [2.75, 3.05) is 13.2 Å². The lowest BCUT2D eigenvalue weighted by molar-refractivity contribution is -0.139. The Morgan fingerprint density at radius 3 is 2.29 bits per heavy atom. The van der Waals surface area contributed by atoms with E-state index in [1.165, 1.54) is 0 Å². The topological polar surface area (TPSA) is 67.8 Å². The van der Waals surface area contributed by atoms with E-state index in [9.17, 15) is 9.59 Å². The predicted molar refractivity (Wildman–Crippen MR) is 122 cm³/mol. The van der Waals surface area contributed by atoms with Gasteiger partial charge in [0.05, 0.1) is 29.7 Å². The van der Waals surface area contributed by atoms with Gasteiger partial charge in [-0.3, -0.25) is 9.79 Å². The number of hydrogen-bond donors (Lipinski definition) is 1. The van der Waals surface area contributed by atoms with Crippen molar-refractivity contribution in [3.05, 3.63) is 77.4 Å². The van der Waals surface area contributed by atoms with Gasteiger partial charge in [0.25, 0.3) is 0 Å². The van der Waals surface area contributed by atoms with Crippen molar-refractivity contribution in [2.45, 2.75) is 20.8 Å². The summed E-state index contributed by atoms with van der Waals surface area (Å²) in [5.74, 6) is 4.27. The van der Waals surface area contributed by atoms with Crippen LogP contribution in [0.25, 0.3) is 5.70 Å². The fourth-order valence-corrected chi connectivity index (χ4v) is 3.57. The molecule has 0 aromatic heterocycles. The zero-order chi connectivity index (χ0) is 22.2. The number of nitrogens with one attached hydrogen (secondary N) is 1. The Labute approximate surface area is 183 Å². The van der Waals surface area contributed by atoms with E-state index in [4.69, 9.17) is 9.73 Å². The van der Waals surface area contributed by atoms with Gasteiger partial charge in [0.2, 0.25) is 5.91 Å². The molecule has 5 nitrogen and oxygen atoms in total. The van der Waals surface area contributed by atoms with Crippen molar-refractivity contribution < 1.29 is 14.3 Å². The summed E-state index contributed by atoms with van der Waals surface area (Å²) in [7, 11) is 0. The Kier molecular flexibility index (Phi) is 7.40. The van der Waals surface area contributed by atoms with Gasteiger partial charge in [-0.25, -0.2) is 4.79 Å². The molecule has 2 atom stereocenters. The first-order chi connectivity index (χ1) is 15.1. The number of amides is 1. The van der Waals surface area contributed by atoms with Crippen LogP contribution in [0.5, 0.6) is 0 Å². The molecule has 3 rings (SSSR count). The van der Waals surface area contributed by atoms with Crippen LogP contribution in [-0.2, 0) is 14.3 Å². The van der Waals surface area contributed by atoms with Gasteiger partial charge in [-0.2, -0.15) is 0 Å². The number of ether oxygens (including phenoxy) is 1. The average Bonchev–Trinajstić information content (AvgIpc) is 2.78.